The molecule has 98 valence electrons. The van der Waals surface area contributed by atoms with Gasteiger partial charge in [-0.3, -0.25) is 9.59 Å². The van der Waals surface area contributed by atoms with Gasteiger partial charge in [0.1, 0.15) is 6.42 Å². The number of hydrogen-bond acceptors (Lipinski definition) is 2. The van der Waals surface area contributed by atoms with Gasteiger partial charge in [-0.05, 0) is 18.2 Å². The first-order chi connectivity index (χ1) is 8.26. The van der Waals surface area contributed by atoms with Crippen LogP contribution in [-0.2, 0) is 9.59 Å². The molecule has 0 heterocycles. The smallest absolute Gasteiger partial charge is 0.326 e. The van der Waals surface area contributed by atoms with Crippen LogP contribution < -0.4 is 10.6 Å². The molecule has 0 aliphatic carbocycles. The van der Waals surface area contributed by atoms with Crippen LogP contribution in [0.2, 0.25) is 0 Å². The van der Waals surface area contributed by atoms with Crippen LogP contribution in [0.1, 0.15) is 13.3 Å². The van der Waals surface area contributed by atoms with Crippen molar-refractivity contribution < 1.29 is 22.8 Å². The lowest BCUT2D eigenvalue weighted by atomic mass is 10.2. The minimum atomic E-state index is -4.54. The van der Waals surface area contributed by atoms with E-state index in [-0.39, 0.29) is 11.6 Å². The fraction of sp³-hybridized carbons (Fsp3) is 0.273. The van der Waals surface area contributed by atoms with Gasteiger partial charge in [0.05, 0.1) is 0 Å². The largest absolute Gasteiger partial charge is 0.397 e. The first-order valence-electron chi connectivity index (χ1n) is 5.00. The van der Waals surface area contributed by atoms with E-state index in [1.54, 1.807) is 6.07 Å². The number of alkyl halides is 3. The Morgan fingerprint density at radius 1 is 1.17 bits per heavy atom. The number of anilines is 2. The van der Waals surface area contributed by atoms with Crippen LogP contribution in [0.5, 0.6) is 0 Å². The lowest BCUT2D eigenvalue weighted by Crippen LogP contribution is -2.21. The molecule has 0 aliphatic heterocycles. The molecule has 0 unspecified atom stereocenters. The van der Waals surface area contributed by atoms with E-state index in [0.717, 1.165) is 0 Å². The van der Waals surface area contributed by atoms with E-state index in [4.69, 9.17) is 0 Å². The average Bonchev–Trinajstić information content (AvgIpc) is 2.13. The lowest BCUT2D eigenvalue weighted by Gasteiger charge is -2.09. The van der Waals surface area contributed by atoms with Gasteiger partial charge in [0.2, 0.25) is 11.8 Å². The van der Waals surface area contributed by atoms with Crippen molar-refractivity contribution in [2.24, 2.45) is 0 Å². The highest BCUT2D eigenvalue weighted by molar-refractivity contribution is 5.93. The number of hydrogen-bond donors (Lipinski definition) is 2. The predicted molar refractivity (Wildman–Crippen MR) is 60.0 cm³/mol. The zero-order chi connectivity index (χ0) is 13.8. The van der Waals surface area contributed by atoms with Gasteiger partial charge >= 0.3 is 6.18 Å². The summed E-state index contributed by atoms with van der Waals surface area (Å²) in [5.41, 5.74) is 0.586. The molecule has 0 fully saturated rings. The Morgan fingerprint density at radius 2 is 1.72 bits per heavy atom. The van der Waals surface area contributed by atoms with E-state index in [1.165, 1.54) is 25.1 Å². The minimum Gasteiger partial charge on any atom is -0.326 e. The summed E-state index contributed by atoms with van der Waals surface area (Å²) < 4.78 is 35.8. The Bertz CT molecular complexity index is 458. The highest BCUT2D eigenvalue weighted by Crippen LogP contribution is 2.21. The standard InChI is InChI=1S/C11H11F3N2O2/c1-7(17)15-8-3-2-4-9(5-8)16-10(18)6-11(12,13)14/h2-5H,6H2,1H3,(H,15,17)(H,16,18). The van der Waals surface area contributed by atoms with Gasteiger partial charge in [0.15, 0.2) is 0 Å². The molecule has 2 amide bonds. The first kappa shape index (κ1) is 14.0. The van der Waals surface area contributed by atoms with Crippen molar-refractivity contribution in [2.75, 3.05) is 10.6 Å². The quantitative estimate of drug-likeness (QED) is 0.877. The van der Waals surface area contributed by atoms with Gasteiger partial charge in [-0.2, -0.15) is 13.2 Å². The summed E-state index contributed by atoms with van der Waals surface area (Å²) in [5.74, 6) is -1.46. The summed E-state index contributed by atoms with van der Waals surface area (Å²) in [6, 6.07) is 5.87. The zero-order valence-corrected chi connectivity index (χ0v) is 9.47. The number of halogens is 3. The lowest BCUT2D eigenvalue weighted by molar-refractivity contribution is -0.150. The molecule has 1 rings (SSSR count). The van der Waals surface area contributed by atoms with Crippen LogP contribution in [0.4, 0.5) is 24.5 Å². The molecule has 0 aliphatic rings. The molecule has 0 saturated carbocycles. The maximum absolute atomic E-state index is 11.9. The molecule has 0 radical (unpaired) electrons. The van der Waals surface area contributed by atoms with E-state index in [0.29, 0.717) is 5.69 Å². The van der Waals surface area contributed by atoms with E-state index < -0.39 is 18.5 Å². The van der Waals surface area contributed by atoms with Gasteiger partial charge < -0.3 is 10.6 Å². The summed E-state index contributed by atoms with van der Waals surface area (Å²) in [6.07, 6.45) is -6.09. The molecule has 0 aromatic heterocycles. The Morgan fingerprint density at radius 3 is 2.22 bits per heavy atom. The number of rotatable bonds is 3. The fourth-order valence-electron chi connectivity index (χ4n) is 1.27. The molecule has 0 spiro atoms. The van der Waals surface area contributed by atoms with Gasteiger partial charge in [0.25, 0.3) is 0 Å². The van der Waals surface area contributed by atoms with Crippen molar-refractivity contribution in [3.05, 3.63) is 24.3 Å². The van der Waals surface area contributed by atoms with Crippen molar-refractivity contribution in [3.8, 4) is 0 Å². The first-order valence-corrected chi connectivity index (χ1v) is 5.00. The molecule has 0 saturated heterocycles. The number of carbonyl (C=O) groups excluding carboxylic acids is 2. The Hall–Kier alpha value is -2.05. The van der Waals surface area contributed by atoms with Crippen molar-refractivity contribution in [1.29, 1.82) is 0 Å². The SMILES string of the molecule is CC(=O)Nc1cccc(NC(=O)CC(F)(F)F)c1. The average molecular weight is 260 g/mol. The van der Waals surface area contributed by atoms with Crippen molar-refractivity contribution >= 4 is 23.2 Å². The number of amides is 2. The Kier molecular flexibility index (Phi) is 4.30. The van der Waals surface area contributed by atoms with E-state index >= 15 is 0 Å². The fourth-order valence-corrected chi connectivity index (χ4v) is 1.27. The van der Waals surface area contributed by atoms with Crippen LogP contribution in [0, 0.1) is 0 Å². The van der Waals surface area contributed by atoms with Crippen molar-refractivity contribution in [2.45, 2.75) is 19.5 Å². The molecule has 18 heavy (non-hydrogen) atoms. The molecule has 1 aromatic rings. The van der Waals surface area contributed by atoms with Crippen molar-refractivity contribution in [1.82, 2.24) is 0 Å². The third-order valence-electron chi connectivity index (χ3n) is 1.83. The maximum Gasteiger partial charge on any atom is 0.397 e. The predicted octanol–water partition coefficient (Wildman–Crippen LogP) is 2.54. The summed E-state index contributed by atoms with van der Waals surface area (Å²) in [6.45, 7) is 1.30. The van der Waals surface area contributed by atoms with Crippen LogP contribution in [0.15, 0.2) is 24.3 Å². The number of benzene rings is 1. The van der Waals surface area contributed by atoms with Crippen molar-refractivity contribution in [3.63, 3.8) is 0 Å². The molecule has 0 bridgehead atoms. The van der Waals surface area contributed by atoms with Crippen LogP contribution in [-0.4, -0.2) is 18.0 Å². The normalized spacial score (nSPS) is 10.9. The monoisotopic (exact) mass is 260 g/mol. The Labute approximate surface area is 101 Å². The summed E-state index contributed by atoms with van der Waals surface area (Å²) in [4.78, 5) is 21.8. The maximum atomic E-state index is 11.9. The van der Waals surface area contributed by atoms with Gasteiger partial charge in [-0.1, -0.05) is 6.07 Å². The van der Waals surface area contributed by atoms with Crippen LogP contribution in [0.3, 0.4) is 0 Å². The molecule has 0 atom stereocenters. The third-order valence-corrected chi connectivity index (χ3v) is 1.83. The molecular weight excluding hydrogens is 249 g/mol. The summed E-state index contributed by atoms with van der Waals surface area (Å²) in [5, 5.41) is 4.56. The summed E-state index contributed by atoms with van der Waals surface area (Å²) >= 11 is 0. The Balaban J connectivity index is 2.67. The topological polar surface area (TPSA) is 58.2 Å². The van der Waals surface area contributed by atoms with Gasteiger partial charge in [-0.15, -0.1) is 0 Å². The van der Waals surface area contributed by atoms with Gasteiger partial charge in [-0.25, -0.2) is 0 Å². The highest BCUT2D eigenvalue weighted by Gasteiger charge is 2.31. The minimum absolute atomic E-state index is 0.190. The second-order valence-electron chi connectivity index (χ2n) is 3.60. The van der Waals surface area contributed by atoms with Gasteiger partial charge in [0, 0.05) is 18.3 Å². The second kappa shape index (κ2) is 5.52. The number of nitrogens with one attached hydrogen (secondary N) is 2. The molecular formula is C11H11F3N2O2. The van der Waals surface area contributed by atoms with E-state index in [2.05, 4.69) is 10.6 Å². The van der Waals surface area contributed by atoms with E-state index in [9.17, 15) is 22.8 Å². The van der Waals surface area contributed by atoms with Crippen LogP contribution in [0.25, 0.3) is 0 Å². The molecule has 4 nitrogen and oxygen atoms in total. The van der Waals surface area contributed by atoms with Crippen LogP contribution >= 0.6 is 0 Å². The highest BCUT2D eigenvalue weighted by atomic mass is 19.4. The third kappa shape index (κ3) is 5.33. The molecule has 1 aromatic carbocycles. The van der Waals surface area contributed by atoms with E-state index in [1.807, 2.05) is 0 Å². The zero-order valence-electron chi connectivity index (χ0n) is 9.47. The summed E-state index contributed by atoms with van der Waals surface area (Å²) in [7, 11) is 0. The number of carbonyl (C=O) groups is 2. The molecule has 2 N–H and O–H groups in total. The second-order valence-corrected chi connectivity index (χ2v) is 3.60. The molecule has 7 heteroatoms.